The zero-order chi connectivity index (χ0) is 17.4. The van der Waals surface area contributed by atoms with Crippen LogP contribution in [0.3, 0.4) is 0 Å². The molecule has 2 aromatic carbocycles. The van der Waals surface area contributed by atoms with Gasteiger partial charge in [-0.25, -0.2) is 4.79 Å². The first-order valence-electron chi connectivity index (χ1n) is 7.94. The highest BCUT2D eigenvalue weighted by Gasteiger charge is 2.13. The Morgan fingerprint density at radius 3 is 2.21 bits per heavy atom. The Labute approximate surface area is 141 Å². The molecule has 0 saturated heterocycles. The summed E-state index contributed by atoms with van der Waals surface area (Å²) in [7, 11) is 0. The lowest BCUT2D eigenvalue weighted by atomic mass is 10.1. The molecule has 0 fully saturated rings. The molecule has 126 valence electrons. The van der Waals surface area contributed by atoms with Crippen molar-refractivity contribution in [2.24, 2.45) is 5.73 Å². The maximum atomic E-state index is 12.5. The van der Waals surface area contributed by atoms with Crippen LogP contribution in [0, 0.1) is 0 Å². The minimum Gasteiger partial charge on any atom is -0.478 e. The van der Waals surface area contributed by atoms with Gasteiger partial charge in [0.2, 0.25) is 5.91 Å². The van der Waals surface area contributed by atoms with Crippen LogP contribution < -0.4 is 5.73 Å². The first kappa shape index (κ1) is 17.7. The lowest BCUT2D eigenvalue weighted by Gasteiger charge is -2.22. The van der Waals surface area contributed by atoms with E-state index in [1.807, 2.05) is 30.3 Å². The van der Waals surface area contributed by atoms with Crippen LogP contribution in [0.2, 0.25) is 0 Å². The molecule has 2 aromatic rings. The molecule has 2 rings (SSSR count). The van der Waals surface area contributed by atoms with Gasteiger partial charge in [-0.3, -0.25) is 4.79 Å². The van der Waals surface area contributed by atoms with Crippen molar-refractivity contribution in [1.82, 2.24) is 4.90 Å². The number of amides is 1. The van der Waals surface area contributed by atoms with Crippen molar-refractivity contribution in [3.63, 3.8) is 0 Å². The maximum Gasteiger partial charge on any atom is 0.335 e. The third-order valence-corrected chi connectivity index (χ3v) is 3.80. The number of nitrogens with zero attached hydrogens (tertiary/aromatic N) is 1. The van der Waals surface area contributed by atoms with Gasteiger partial charge in [0.25, 0.3) is 0 Å². The van der Waals surface area contributed by atoms with E-state index >= 15 is 0 Å². The molecular formula is C19H22N2O3. The molecule has 0 aromatic heterocycles. The summed E-state index contributed by atoms with van der Waals surface area (Å²) in [5.74, 6) is -0.911. The highest BCUT2D eigenvalue weighted by atomic mass is 16.4. The van der Waals surface area contributed by atoms with Crippen molar-refractivity contribution in [2.45, 2.75) is 19.4 Å². The lowest BCUT2D eigenvalue weighted by Crippen LogP contribution is -2.35. The van der Waals surface area contributed by atoms with E-state index in [9.17, 15) is 9.59 Å². The van der Waals surface area contributed by atoms with E-state index < -0.39 is 5.97 Å². The number of carbonyl (C=O) groups excluding carboxylic acids is 1. The fourth-order valence-electron chi connectivity index (χ4n) is 2.47. The highest BCUT2D eigenvalue weighted by Crippen LogP contribution is 2.10. The van der Waals surface area contributed by atoms with Gasteiger partial charge in [-0.1, -0.05) is 42.5 Å². The second-order valence-electron chi connectivity index (χ2n) is 5.59. The van der Waals surface area contributed by atoms with Crippen LogP contribution in [0.25, 0.3) is 0 Å². The lowest BCUT2D eigenvalue weighted by molar-refractivity contribution is -0.131. The molecule has 3 N–H and O–H groups in total. The normalized spacial score (nSPS) is 10.4. The number of rotatable bonds is 8. The second-order valence-corrected chi connectivity index (χ2v) is 5.59. The van der Waals surface area contributed by atoms with E-state index in [1.165, 1.54) is 0 Å². The van der Waals surface area contributed by atoms with Crippen LogP contribution >= 0.6 is 0 Å². The summed E-state index contributed by atoms with van der Waals surface area (Å²) in [4.78, 5) is 25.1. The molecule has 0 spiro atoms. The van der Waals surface area contributed by atoms with Gasteiger partial charge in [-0.15, -0.1) is 0 Å². The molecule has 5 heteroatoms. The van der Waals surface area contributed by atoms with Crippen LogP contribution in [-0.4, -0.2) is 35.0 Å². The van der Waals surface area contributed by atoms with E-state index in [-0.39, 0.29) is 11.5 Å². The Hall–Kier alpha value is -2.66. The minimum atomic E-state index is -0.959. The van der Waals surface area contributed by atoms with E-state index in [1.54, 1.807) is 29.2 Å². The molecule has 0 radical (unpaired) electrons. The fourth-order valence-corrected chi connectivity index (χ4v) is 2.47. The molecule has 5 nitrogen and oxygen atoms in total. The molecule has 0 aliphatic rings. The molecule has 0 bridgehead atoms. The van der Waals surface area contributed by atoms with Crippen molar-refractivity contribution < 1.29 is 14.7 Å². The van der Waals surface area contributed by atoms with Crippen LogP contribution in [0.15, 0.2) is 54.6 Å². The first-order valence-corrected chi connectivity index (χ1v) is 7.94. The predicted molar refractivity (Wildman–Crippen MR) is 92.6 cm³/mol. The summed E-state index contributed by atoms with van der Waals surface area (Å²) in [5.41, 5.74) is 7.88. The summed E-state index contributed by atoms with van der Waals surface area (Å²) in [6.45, 7) is 1.31. The molecule has 0 aliphatic heterocycles. The second kappa shape index (κ2) is 8.84. The van der Waals surface area contributed by atoms with Gasteiger partial charge >= 0.3 is 5.97 Å². The third kappa shape index (κ3) is 5.21. The maximum absolute atomic E-state index is 12.5. The number of aryl methyl sites for hydroxylation is 1. The molecule has 0 atom stereocenters. The topological polar surface area (TPSA) is 83.6 Å². The minimum absolute atomic E-state index is 0.0478. The Balaban J connectivity index is 1.97. The van der Waals surface area contributed by atoms with Crippen molar-refractivity contribution in [2.75, 3.05) is 13.1 Å². The van der Waals surface area contributed by atoms with Crippen LogP contribution in [0.4, 0.5) is 0 Å². The van der Waals surface area contributed by atoms with Crippen LogP contribution in [0.1, 0.15) is 27.9 Å². The number of hydrogen-bond donors (Lipinski definition) is 2. The van der Waals surface area contributed by atoms with Crippen molar-refractivity contribution >= 4 is 11.9 Å². The Morgan fingerprint density at radius 1 is 0.958 bits per heavy atom. The number of nitrogens with two attached hydrogens (primary N) is 1. The summed E-state index contributed by atoms with van der Waals surface area (Å²) in [5, 5.41) is 8.93. The number of benzene rings is 2. The van der Waals surface area contributed by atoms with E-state index in [0.29, 0.717) is 32.5 Å². The van der Waals surface area contributed by atoms with E-state index in [0.717, 1.165) is 11.1 Å². The zero-order valence-electron chi connectivity index (χ0n) is 13.5. The average Bonchev–Trinajstić information content (AvgIpc) is 2.60. The highest BCUT2D eigenvalue weighted by molar-refractivity contribution is 5.87. The van der Waals surface area contributed by atoms with Crippen molar-refractivity contribution in [1.29, 1.82) is 0 Å². The standard InChI is InChI=1S/C19H22N2O3/c20-12-13-21(14-16-6-9-17(10-7-16)19(23)24)18(22)11-8-15-4-2-1-3-5-15/h1-7,9-10H,8,11-14,20H2,(H,23,24). The Kier molecular flexibility index (Phi) is 6.51. The van der Waals surface area contributed by atoms with E-state index in [4.69, 9.17) is 10.8 Å². The van der Waals surface area contributed by atoms with E-state index in [2.05, 4.69) is 0 Å². The predicted octanol–water partition coefficient (Wildman–Crippen LogP) is 2.30. The monoisotopic (exact) mass is 326 g/mol. The first-order chi connectivity index (χ1) is 11.6. The number of hydrogen-bond acceptors (Lipinski definition) is 3. The summed E-state index contributed by atoms with van der Waals surface area (Å²) in [6.07, 6.45) is 1.12. The summed E-state index contributed by atoms with van der Waals surface area (Å²) < 4.78 is 0. The average molecular weight is 326 g/mol. The van der Waals surface area contributed by atoms with Gasteiger partial charge in [0.15, 0.2) is 0 Å². The van der Waals surface area contributed by atoms with Gasteiger partial charge in [-0.2, -0.15) is 0 Å². The molecule has 0 saturated carbocycles. The van der Waals surface area contributed by atoms with Crippen LogP contribution in [-0.2, 0) is 17.8 Å². The quantitative estimate of drug-likeness (QED) is 0.780. The summed E-state index contributed by atoms with van der Waals surface area (Å²) >= 11 is 0. The number of aromatic carboxylic acids is 1. The third-order valence-electron chi connectivity index (χ3n) is 3.80. The van der Waals surface area contributed by atoms with Gasteiger partial charge in [0, 0.05) is 26.1 Å². The van der Waals surface area contributed by atoms with Crippen molar-refractivity contribution in [3.8, 4) is 0 Å². The molecule has 0 aliphatic carbocycles. The van der Waals surface area contributed by atoms with Crippen molar-refractivity contribution in [3.05, 3.63) is 71.3 Å². The molecule has 0 heterocycles. The van der Waals surface area contributed by atoms with Gasteiger partial charge in [0.05, 0.1) is 5.56 Å². The molecule has 24 heavy (non-hydrogen) atoms. The smallest absolute Gasteiger partial charge is 0.335 e. The molecular weight excluding hydrogens is 304 g/mol. The number of carboxylic acids is 1. The van der Waals surface area contributed by atoms with Crippen LogP contribution in [0.5, 0.6) is 0 Å². The number of carbonyl (C=O) groups is 2. The largest absolute Gasteiger partial charge is 0.478 e. The zero-order valence-corrected chi connectivity index (χ0v) is 13.5. The SMILES string of the molecule is NCCN(Cc1ccc(C(=O)O)cc1)C(=O)CCc1ccccc1. The molecule has 1 amide bonds. The van der Waals surface area contributed by atoms with Gasteiger partial charge < -0.3 is 15.7 Å². The Morgan fingerprint density at radius 2 is 1.62 bits per heavy atom. The summed E-state index contributed by atoms with van der Waals surface area (Å²) in [6, 6.07) is 16.4. The molecule has 0 unspecified atom stereocenters. The van der Waals surface area contributed by atoms with Gasteiger partial charge in [-0.05, 0) is 29.7 Å². The Bertz CT molecular complexity index is 669. The number of carboxylic acid groups (broad SMARTS) is 1. The fraction of sp³-hybridized carbons (Fsp3) is 0.263. The van der Waals surface area contributed by atoms with Gasteiger partial charge in [0.1, 0.15) is 0 Å².